The van der Waals surface area contributed by atoms with Crippen LogP contribution in [0.1, 0.15) is 33.2 Å². The van der Waals surface area contributed by atoms with Crippen molar-refractivity contribution in [2.75, 3.05) is 12.3 Å². The highest BCUT2D eigenvalue weighted by Gasteiger charge is 2.09. The standard InChI is InChI=1S/C19H18N2O2S/c1-2-24-17-8-4-3-7-16(17)19(23)21-13-5-6-14-9-11-15(12-10-14)18(20)22/h3-4,7-12H,2,13H2,1H3,(H2,20,22)(H,21,23). The van der Waals surface area contributed by atoms with E-state index in [4.69, 9.17) is 5.73 Å². The average molecular weight is 338 g/mol. The van der Waals surface area contributed by atoms with E-state index in [1.165, 1.54) is 0 Å². The molecular weight excluding hydrogens is 320 g/mol. The van der Waals surface area contributed by atoms with Crippen LogP contribution in [0.15, 0.2) is 53.4 Å². The van der Waals surface area contributed by atoms with E-state index in [9.17, 15) is 9.59 Å². The molecule has 0 radical (unpaired) electrons. The number of carbonyl (C=O) groups excluding carboxylic acids is 2. The number of hydrogen-bond donors (Lipinski definition) is 2. The van der Waals surface area contributed by atoms with E-state index in [1.807, 2.05) is 31.2 Å². The van der Waals surface area contributed by atoms with Gasteiger partial charge in [-0.15, -0.1) is 11.8 Å². The van der Waals surface area contributed by atoms with Crippen LogP contribution in [0.2, 0.25) is 0 Å². The fraction of sp³-hybridized carbons (Fsp3) is 0.158. The summed E-state index contributed by atoms with van der Waals surface area (Å²) in [5, 5.41) is 2.80. The van der Waals surface area contributed by atoms with Crippen LogP contribution >= 0.6 is 11.8 Å². The van der Waals surface area contributed by atoms with Crippen LogP contribution in [0.25, 0.3) is 0 Å². The minimum Gasteiger partial charge on any atom is -0.366 e. The van der Waals surface area contributed by atoms with E-state index in [2.05, 4.69) is 17.2 Å². The predicted octanol–water partition coefficient (Wildman–Crippen LogP) is 2.68. The number of carbonyl (C=O) groups is 2. The van der Waals surface area contributed by atoms with Gasteiger partial charge < -0.3 is 11.1 Å². The first-order chi connectivity index (χ1) is 11.6. The Balaban J connectivity index is 1.95. The quantitative estimate of drug-likeness (QED) is 0.650. The fourth-order valence-electron chi connectivity index (χ4n) is 2.02. The van der Waals surface area contributed by atoms with Crippen molar-refractivity contribution in [3.05, 3.63) is 65.2 Å². The lowest BCUT2D eigenvalue weighted by Crippen LogP contribution is -2.24. The number of hydrogen-bond acceptors (Lipinski definition) is 3. The molecule has 4 nitrogen and oxygen atoms in total. The Kier molecular flexibility index (Phi) is 6.47. The second-order valence-corrected chi connectivity index (χ2v) is 6.16. The van der Waals surface area contributed by atoms with Crippen molar-refractivity contribution in [1.82, 2.24) is 5.32 Å². The summed E-state index contributed by atoms with van der Waals surface area (Å²) in [6.07, 6.45) is 0. The Morgan fingerprint density at radius 1 is 1.12 bits per heavy atom. The number of nitrogens with two attached hydrogens (primary N) is 1. The lowest BCUT2D eigenvalue weighted by Gasteiger charge is -2.07. The zero-order valence-electron chi connectivity index (χ0n) is 13.3. The van der Waals surface area contributed by atoms with Crippen molar-refractivity contribution in [3.63, 3.8) is 0 Å². The zero-order valence-corrected chi connectivity index (χ0v) is 14.2. The van der Waals surface area contributed by atoms with E-state index in [0.29, 0.717) is 11.1 Å². The molecule has 3 N–H and O–H groups in total. The maximum atomic E-state index is 12.2. The number of amides is 2. The predicted molar refractivity (Wildman–Crippen MR) is 97.0 cm³/mol. The topological polar surface area (TPSA) is 72.2 Å². The number of thioether (sulfide) groups is 1. The molecule has 0 aliphatic carbocycles. The Morgan fingerprint density at radius 2 is 1.83 bits per heavy atom. The van der Waals surface area contributed by atoms with Crippen molar-refractivity contribution >= 4 is 23.6 Å². The number of rotatable bonds is 5. The molecule has 122 valence electrons. The van der Waals surface area contributed by atoms with Gasteiger partial charge in [-0.05, 0) is 42.2 Å². The third-order valence-corrected chi connectivity index (χ3v) is 4.13. The Morgan fingerprint density at radius 3 is 2.50 bits per heavy atom. The van der Waals surface area contributed by atoms with E-state index < -0.39 is 5.91 Å². The van der Waals surface area contributed by atoms with E-state index in [0.717, 1.165) is 16.2 Å². The second-order valence-electron chi connectivity index (χ2n) is 4.86. The summed E-state index contributed by atoms with van der Waals surface area (Å²) in [6, 6.07) is 14.2. The molecule has 24 heavy (non-hydrogen) atoms. The molecule has 2 amide bonds. The Labute approximate surface area is 145 Å². The van der Waals surface area contributed by atoms with Crippen LogP contribution in [-0.4, -0.2) is 24.1 Å². The maximum absolute atomic E-state index is 12.2. The highest BCUT2D eigenvalue weighted by molar-refractivity contribution is 7.99. The summed E-state index contributed by atoms with van der Waals surface area (Å²) in [5.74, 6) is 6.14. The van der Waals surface area contributed by atoms with Crippen molar-refractivity contribution in [1.29, 1.82) is 0 Å². The molecule has 0 fully saturated rings. The molecular formula is C19H18N2O2S. The Hall–Kier alpha value is -2.71. The molecule has 0 saturated heterocycles. The smallest absolute Gasteiger partial charge is 0.253 e. The first-order valence-corrected chi connectivity index (χ1v) is 8.49. The molecule has 0 aromatic heterocycles. The highest BCUT2D eigenvalue weighted by atomic mass is 32.2. The molecule has 0 heterocycles. The van der Waals surface area contributed by atoms with Crippen molar-refractivity contribution in [3.8, 4) is 11.8 Å². The van der Waals surface area contributed by atoms with Gasteiger partial charge in [0.25, 0.3) is 5.91 Å². The van der Waals surface area contributed by atoms with Crippen molar-refractivity contribution in [2.45, 2.75) is 11.8 Å². The number of nitrogens with one attached hydrogen (secondary N) is 1. The number of benzene rings is 2. The highest BCUT2D eigenvalue weighted by Crippen LogP contribution is 2.21. The summed E-state index contributed by atoms with van der Waals surface area (Å²) < 4.78 is 0. The SMILES string of the molecule is CCSc1ccccc1C(=O)NCC#Cc1ccc(C(N)=O)cc1. The lowest BCUT2D eigenvalue weighted by atomic mass is 10.1. The van der Waals surface area contributed by atoms with E-state index in [-0.39, 0.29) is 12.5 Å². The van der Waals surface area contributed by atoms with E-state index in [1.54, 1.807) is 36.0 Å². The van der Waals surface area contributed by atoms with Gasteiger partial charge in [0.15, 0.2) is 0 Å². The summed E-state index contributed by atoms with van der Waals surface area (Å²) >= 11 is 1.64. The molecule has 2 aromatic carbocycles. The largest absolute Gasteiger partial charge is 0.366 e. The molecule has 0 saturated carbocycles. The van der Waals surface area contributed by atoms with Gasteiger partial charge in [-0.1, -0.05) is 30.9 Å². The van der Waals surface area contributed by atoms with Crippen LogP contribution in [0, 0.1) is 11.8 Å². The average Bonchev–Trinajstić information content (AvgIpc) is 2.59. The van der Waals surface area contributed by atoms with Crippen LogP contribution in [0.4, 0.5) is 0 Å². The molecule has 2 rings (SSSR count). The van der Waals surface area contributed by atoms with Gasteiger partial charge in [0, 0.05) is 16.0 Å². The fourth-order valence-corrected chi connectivity index (χ4v) is 2.82. The van der Waals surface area contributed by atoms with Gasteiger partial charge in [0.05, 0.1) is 12.1 Å². The maximum Gasteiger partial charge on any atom is 0.253 e. The molecule has 0 aliphatic heterocycles. The number of primary amides is 1. The molecule has 0 atom stereocenters. The third kappa shape index (κ3) is 4.90. The first kappa shape index (κ1) is 17.6. The molecule has 0 bridgehead atoms. The van der Waals surface area contributed by atoms with Gasteiger partial charge in [-0.25, -0.2) is 0 Å². The van der Waals surface area contributed by atoms with Gasteiger partial charge in [-0.2, -0.15) is 0 Å². The Bertz CT molecular complexity index is 789. The molecule has 5 heteroatoms. The van der Waals surface area contributed by atoms with Gasteiger partial charge in [0.2, 0.25) is 5.91 Å². The normalized spacial score (nSPS) is 9.71. The van der Waals surface area contributed by atoms with Crippen LogP contribution in [-0.2, 0) is 0 Å². The molecule has 0 aliphatic rings. The summed E-state index contributed by atoms with van der Waals surface area (Å²) in [5.41, 5.74) is 7.05. The van der Waals surface area contributed by atoms with Gasteiger partial charge in [0.1, 0.15) is 0 Å². The summed E-state index contributed by atoms with van der Waals surface area (Å²) in [7, 11) is 0. The second kappa shape index (κ2) is 8.80. The van der Waals surface area contributed by atoms with E-state index >= 15 is 0 Å². The monoisotopic (exact) mass is 338 g/mol. The third-order valence-electron chi connectivity index (χ3n) is 3.17. The molecule has 2 aromatic rings. The van der Waals surface area contributed by atoms with Crippen LogP contribution in [0.3, 0.4) is 0 Å². The first-order valence-electron chi connectivity index (χ1n) is 7.50. The lowest BCUT2D eigenvalue weighted by molar-refractivity contribution is 0.0954. The zero-order chi connectivity index (χ0) is 17.4. The molecule has 0 spiro atoms. The molecule has 0 unspecified atom stereocenters. The summed E-state index contributed by atoms with van der Waals surface area (Å²) in [4.78, 5) is 24.2. The minimum atomic E-state index is -0.467. The summed E-state index contributed by atoms with van der Waals surface area (Å²) in [6.45, 7) is 2.30. The minimum absolute atomic E-state index is 0.134. The van der Waals surface area contributed by atoms with Crippen LogP contribution < -0.4 is 11.1 Å². The van der Waals surface area contributed by atoms with Crippen molar-refractivity contribution in [2.24, 2.45) is 5.73 Å². The van der Waals surface area contributed by atoms with Crippen molar-refractivity contribution < 1.29 is 9.59 Å². The van der Waals surface area contributed by atoms with Gasteiger partial charge >= 0.3 is 0 Å². The van der Waals surface area contributed by atoms with Crippen LogP contribution in [0.5, 0.6) is 0 Å². The van der Waals surface area contributed by atoms with Gasteiger partial charge in [-0.3, -0.25) is 9.59 Å².